The molecular formula is C14H16BrFN2O. The smallest absolute Gasteiger partial charge is 0.208 e. The minimum Gasteiger partial charge on any atom is -0.439 e. The van der Waals surface area contributed by atoms with Crippen molar-refractivity contribution in [2.75, 3.05) is 0 Å². The summed E-state index contributed by atoms with van der Waals surface area (Å²) in [5.41, 5.74) is 0.379. The second kappa shape index (κ2) is 5.43. The molecule has 0 spiro atoms. The van der Waals surface area contributed by atoms with Gasteiger partial charge < -0.3 is 9.73 Å². The number of nitrogens with one attached hydrogen (secondary N) is 1. The topological polar surface area (TPSA) is 38.1 Å². The van der Waals surface area contributed by atoms with Gasteiger partial charge in [-0.3, -0.25) is 0 Å². The predicted octanol–water partition coefficient (Wildman–Crippen LogP) is 4.13. The molecule has 0 aliphatic carbocycles. The summed E-state index contributed by atoms with van der Waals surface area (Å²) < 4.78 is 20.0. The highest BCUT2D eigenvalue weighted by Gasteiger charge is 2.15. The highest BCUT2D eigenvalue weighted by atomic mass is 79.9. The average molecular weight is 327 g/mol. The Bertz CT molecular complexity index is 555. The van der Waals surface area contributed by atoms with E-state index in [0.29, 0.717) is 28.2 Å². The Morgan fingerprint density at radius 1 is 1.37 bits per heavy atom. The molecular weight excluding hydrogens is 311 g/mol. The van der Waals surface area contributed by atoms with Crippen molar-refractivity contribution >= 4 is 15.9 Å². The molecule has 3 nitrogen and oxygen atoms in total. The number of halogens is 2. The van der Waals surface area contributed by atoms with E-state index in [1.165, 1.54) is 6.07 Å². The molecule has 1 aromatic heterocycles. The van der Waals surface area contributed by atoms with Gasteiger partial charge in [-0.1, -0.05) is 6.07 Å². The fourth-order valence-electron chi connectivity index (χ4n) is 1.58. The van der Waals surface area contributed by atoms with Crippen LogP contribution >= 0.6 is 15.9 Å². The lowest BCUT2D eigenvalue weighted by Crippen LogP contribution is -2.35. The summed E-state index contributed by atoms with van der Waals surface area (Å²) in [6.07, 6.45) is 1.54. The van der Waals surface area contributed by atoms with E-state index in [1.54, 1.807) is 18.3 Å². The van der Waals surface area contributed by atoms with Gasteiger partial charge in [0.05, 0.1) is 18.3 Å². The van der Waals surface area contributed by atoms with Gasteiger partial charge in [0.15, 0.2) is 5.76 Å². The van der Waals surface area contributed by atoms with Crippen LogP contribution in [0, 0.1) is 5.82 Å². The van der Waals surface area contributed by atoms with Gasteiger partial charge in [-0.2, -0.15) is 0 Å². The molecule has 0 bridgehead atoms. The van der Waals surface area contributed by atoms with Gasteiger partial charge in [0.1, 0.15) is 5.82 Å². The van der Waals surface area contributed by atoms with Crippen LogP contribution < -0.4 is 5.32 Å². The Kier molecular flexibility index (Phi) is 4.06. The molecule has 0 saturated carbocycles. The fourth-order valence-corrected chi connectivity index (χ4v) is 2.12. The first kappa shape index (κ1) is 14.2. The highest BCUT2D eigenvalue weighted by molar-refractivity contribution is 9.10. The van der Waals surface area contributed by atoms with Gasteiger partial charge in [0.2, 0.25) is 5.89 Å². The maximum Gasteiger partial charge on any atom is 0.208 e. The molecule has 0 aliphatic heterocycles. The van der Waals surface area contributed by atoms with Crippen LogP contribution in [0.1, 0.15) is 26.7 Å². The maximum absolute atomic E-state index is 13.8. The minimum absolute atomic E-state index is 0.0206. The molecule has 0 radical (unpaired) electrons. The molecule has 2 rings (SSSR count). The maximum atomic E-state index is 13.8. The van der Waals surface area contributed by atoms with Crippen molar-refractivity contribution in [3.8, 4) is 11.3 Å². The molecule has 0 unspecified atom stereocenters. The lowest BCUT2D eigenvalue weighted by molar-refractivity contribution is 0.383. The molecule has 102 valence electrons. The van der Waals surface area contributed by atoms with Crippen molar-refractivity contribution in [1.29, 1.82) is 0 Å². The summed E-state index contributed by atoms with van der Waals surface area (Å²) in [7, 11) is 0. The zero-order valence-corrected chi connectivity index (χ0v) is 12.7. The van der Waals surface area contributed by atoms with Crippen molar-refractivity contribution in [3.63, 3.8) is 0 Å². The average Bonchev–Trinajstić information content (AvgIpc) is 2.74. The van der Waals surface area contributed by atoms with Crippen LogP contribution in [0.25, 0.3) is 11.3 Å². The Labute approximate surface area is 120 Å². The van der Waals surface area contributed by atoms with Crippen molar-refractivity contribution < 1.29 is 8.81 Å². The highest BCUT2D eigenvalue weighted by Crippen LogP contribution is 2.31. The van der Waals surface area contributed by atoms with E-state index in [0.717, 1.165) is 0 Å². The summed E-state index contributed by atoms with van der Waals surface area (Å²) >= 11 is 3.32. The normalized spacial score (nSPS) is 11.8. The Morgan fingerprint density at radius 2 is 2.11 bits per heavy atom. The number of hydrogen-bond donors (Lipinski definition) is 1. The van der Waals surface area contributed by atoms with Gasteiger partial charge in [0.25, 0.3) is 0 Å². The standard InChI is InChI=1S/C14H16BrFN2O/c1-14(2,3)18-8-12-17-7-11(19-12)13-9(15)5-4-6-10(13)16/h4-7,18H,8H2,1-3H3. The van der Waals surface area contributed by atoms with Gasteiger partial charge in [0, 0.05) is 10.0 Å². The number of hydrogen-bond acceptors (Lipinski definition) is 3. The van der Waals surface area contributed by atoms with Crippen molar-refractivity contribution in [1.82, 2.24) is 10.3 Å². The summed E-state index contributed by atoms with van der Waals surface area (Å²) in [6.45, 7) is 6.69. The molecule has 19 heavy (non-hydrogen) atoms. The second-order valence-corrected chi connectivity index (χ2v) is 6.17. The van der Waals surface area contributed by atoms with Crippen LogP contribution in [0.5, 0.6) is 0 Å². The summed E-state index contributed by atoms with van der Waals surface area (Å²) in [5, 5.41) is 3.27. The van der Waals surface area contributed by atoms with Crippen LogP contribution in [0.2, 0.25) is 0 Å². The SMILES string of the molecule is CC(C)(C)NCc1ncc(-c2c(F)cccc2Br)o1. The van der Waals surface area contributed by atoms with Gasteiger partial charge in [-0.05, 0) is 48.8 Å². The van der Waals surface area contributed by atoms with Crippen LogP contribution in [-0.2, 0) is 6.54 Å². The zero-order valence-electron chi connectivity index (χ0n) is 11.1. The van der Waals surface area contributed by atoms with E-state index in [2.05, 4.69) is 47.0 Å². The van der Waals surface area contributed by atoms with E-state index >= 15 is 0 Å². The largest absolute Gasteiger partial charge is 0.439 e. The molecule has 5 heteroatoms. The summed E-state index contributed by atoms with van der Waals surface area (Å²) in [4.78, 5) is 4.16. The quantitative estimate of drug-likeness (QED) is 0.921. The third-order valence-electron chi connectivity index (χ3n) is 2.53. The summed E-state index contributed by atoms with van der Waals surface area (Å²) in [6, 6.07) is 4.81. The van der Waals surface area contributed by atoms with Gasteiger partial charge in [-0.15, -0.1) is 0 Å². The van der Waals surface area contributed by atoms with Gasteiger partial charge >= 0.3 is 0 Å². The molecule has 2 aromatic rings. The minimum atomic E-state index is -0.333. The molecule has 0 amide bonds. The Balaban J connectivity index is 2.22. The van der Waals surface area contributed by atoms with Crippen molar-refractivity contribution in [3.05, 3.63) is 40.6 Å². The first-order valence-corrected chi connectivity index (χ1v) is 6.80. The molecule has 0 saturated heterocycles. The number of oxazole rings is 1. The number of aromatic nitrogens is 1. The molecule has 0 atom stereocenters. The Morgan fingerprint density at radius 3 is 2.74 bits per heavy atom. The predicted molar refractivity (Wildman–Crippen MR) is 76.2 cm³/mol. The molecule has 1 N–H and O–H groups in total. The van der Waals surface area contributed by atoms with E-state index in [9.17, 15) is 4.39 Å². The zero-order chi connectivity index (χ0) is 14.0. The van der Waals surface area contributed by atoms with Crippen molar-refractivity contribution in [2.45, 2.75) is 32.9 Å². The van der Waals surface area contributed by atoms with Crippen LogP contribution in [0.4, 0.5) is 4.39 Å². The first-order valence-electron chi connectivity index (χ1n) is 6.01. The Hall–Kier alpha value is -1.20. The van der Waals surface area contributed by atoms with E-state index in [4.69, 9.17) is 4.42 Å². The van der Waals surface area contributed by atoms with Gasteiger partial charge in [-0.25, -0.2) is 9.37 Å². The second-order valence-electron chi connectivity index (χ2n) is 5.32. The molecule has 1 heterocycles. The van der Waals surface area contributed by atoms with E-state index < -0.39 is 0 Å². The van der Waals surface area contributed by atoms with E-state index in [-0.39, 0.29) is 11.4 Å². The van der Waals surface area contributed by atoms with Crippen molar-refractivity contribution in [2.24, 2.45) is 0 Å². The van der Waals surface area contributed by atoms with Crippen LogP contribution in [-0.4, -0.2) is 10.5 Å². The number of nitrogens with zero attached hydrogens (tertiary/aromatic N) is 1. The lowest BCUT2D eigenvalue weighted by Gasteiger charge is -2.18. The third-order valence-corrected chi connectivity index (χ3v) is 3.19. The molecule has 0 aliphatic rings. The summed E-state index contributed by atoms with van der Waals surface area (Å²) in [5.74, 6) is 0.636. The van der Waals surface area contributed by atoms with Crippen LogP contribution in [0.3, 0.4) is 0 Å². The first-order chi connectivity index (χ1) is 8.87. The third kappa shape index (κ3) is 3.64. The fraction of sp³-hybridized carbons (Fsp3) is 0.357. The van der Waals surface area contributed by atoms with E-state index in [1.807, 2.05) is 0 Å². The molecule has 0 fully saturated rings. The number of benzene rings is 1. The molecule has 1 aromatic carbocycles. The monoisotopic (exact) mass is 326 g/mol. The van der Waals surface area contributed by atoms with Crippen LogP contribution in [0.15, 0.2) is 33.3 Å². The number of rotatable bonds is 3. The lowest BCUT2D eigenvalue weighted by atomic mass is 10.1.